The van der Waals surface area contributed by atoms with E-state index in [1.165, 1.54) is 18.4 Å². The van der Waals surface area contributed by atoms with Crippen LogP contribution in [-0.2, 0) is 13.1 Å². The summed E-state index contributed by atoms with van der Waals surface area (Å²) in [5.41, 5.74) is 4.51. The Morgan fingerprint density at radius 2 is 1.63 bits per heavy atom. The van der Waals surface area contributed by atoms with Crippen molar-refractivity contribution >= 4 is 17.1 Å². The molecule has 1 N–H and O–H groups in total. The minimum atomic E-state index is 0.0610. The summed E-state index contributed by atoms with van der Waals surface area (Å²) >= 11 is 0. The highest BCUT2D eigenvalue weighted by Crippen LogP contribution is 2.15. The molecule has 5 nitrogen and oxygen atoms in total. The molecule has 0 atom stereocenters. The molecule has 2 heterocycles. The van der Waals surface area contributed by atoms with Crippen LogP contribution in [0.4, 0.5) is 4.79 Å². The van der Waals surface area contributed by atoms with Crippen LogP contribution < -0.4 is 5.32 Å². The molecular formula is C22H26N4O. The van der Waals surface area contributed by atoms with Crippen molar-refractivity contribution in [1.29, 1.82) is 0 Å². The molecule has 5 heteroatoms. The molecule has 0 unspecified atom stereocenters. The standard InChI is InChI=1S/C22H26N4O/c27-22(25-13-5-1-2-6-14-25)23-15-18-9-11-19(12-10-18)16-26-17-24-20-7-3-4-8-21(20)26/h3-4,7-12,17H,1-2,5-6,13-16H2,(H,23,27). The second-order valence-corrected chi connectivity index (χ2v) is 7.24. The van der Waals surface area contributed by atoms with Crippen molar-refractivity contribution in [1.82, 2.24) is 19.8 Å². The lowest BCUT2D eigenvalue weighted by Crippen LogP contribution is -2.40. The number of carbonyl (C=O) groups is 1. The average Bonchev–Trinajstić information content (AvgIpc) is 2.92. The molecule has 0 saturated carbocycles. The SMILES string of the molecule is O=C(NCc1ccc(Cn2cnc3ccccc32)cc1)N1CCCCCC1. The fraction of sp³-hybridized carbons (Fsp3) is 0.364. The fourth-order valence-electron chi connectivity index (χ4n) is 3.66. The predicted octanol–water partition coefficient (Wildman–Crippen LogP) is 4.17. The quantitative estimate of drug-likeness (QED) is 0.757. The minimum absolute atomic E-state index is 0.0610. The van der Waals surface area contributed by atoms with E-state index in [4.69, 9.17) is 0 Å². The molecular weight excluding hydrogens is 336 g/mol. The Hall–Kier alpha value is -2.82. The summed E-state index contributed by atoms with van der Waals surface area (Å²) in [5, 5.41) is 3.06. The van der Waals surface area contributed by atoms with E-state index in [0.29, 0.717) is 6.54 Å². The number of carbonyl (C=O) groups excluding carboxylic acids is 1. The smallest absolute Gasteiger partial charge is 0.317 e. The van der Waals surface area contributed by atoms with Crippen LogP contribution in [0.2, 0.25) is 0 Å². The van der Waals surface area contributed by atoms with Gasteiger partial charge in [-0.25, -0.2) is 9.78 Å². The van der Waals surface area contributed by atoms with Crippen molar-refractivity contribution in [2.75, 3.05) is 13.1 Å². The van der Waals surface area contributed by atoms with E-state index >= 15 is 0 Å². The Morgan fingerprint density at radius 1 is 0.926 bits per heavy atom. The third-order valence-corrected chi connectivity index (χ3v) is 5.24. The van der Waals surface area contributed by atoms with Crippen LogP contribution >= 0.6 is 0 Å². The summed E-state index contributed by atoms with van der Waals surface area (Å²) in [6, 6.07) is 16.7. The molecule has 1 aromatic heterocycles. The van der Waals surface area contributed by atoms with Crippen molar-refractivity contribution in [2.45, 2.75) is 38.8 Å². The first-order valence-electron chi connectivity index (χ1n) is 9.80. The van der Waals surface area contributed by atoms with Crippen LogP contribution in [-0.4, -0.2) is 33.6 Å². The number of hydrogen-bond donors (Lipinski definition) is 1. The van der Waals surface area contributed by atoms with Crippen LogP contribution in [0, 0.1) is 0 Å². The Bertz CT molecular complexity index is 892. The van der Waals surface area contributed by atoms with E-state index in [2.05, 4.69) is 45.2 Å². The summed E-state index contributed by atoms with van der Waals surface area (Å²) in [4.78, 5) is 18.7. The van der Waals surface area contributed by atoms with Crippen molar-refractivity contribution in [3.8, 4) is 0 Å². The highest BCUT2D eigenvalue weighted by atomic mass is 16.2. The topological polar surface area (TPSA) is 50.2 Å². The van der Waals surface area contributed by atoms with E-state index in [1.54, 1.807) is 0 Å². The first-order chi connectivity index (χ1) is 13.3. The van der Waals surface area contributed by atoms with Crippen molar-refractivity contribution in [3.63, 3.8) is 0 Å². The molecule has 0 aliphatic carbocycles. The number of nitrogens with zero attached hydrogens (tertiary/aromatic N) is 3. The van der Waals surface area contributed by atoms with Gasteiger partial charge in [0.15, 0.2) is 0 Å². The van der Waals surface area contributed by atoms with Gasteiger partial charge in [0, 0.05) is 26.2 Å². The third kappa shape index (κ3) is 4.30. The zero-order valence-corrected chi connectivity index (χ0v) is 15.6. The lowest BCUT2D eigenvalue weighted by Gasteiger charge is -2.20. The van der Waals surface area contributed by atoms with Gasteiger partial charge < -0.3 is 14.8 Å². The van der Waals surface area contributed by atoms with Crippen molar-refractivity contribution < 1.29 is 4.79 Å². The molecule has 0 radical (unpaired) electrons. The van der Waals surface area contributed by atoms with Gasteiger partial charge in [-0.05, 0) is 36.1 Å². The Balaban J connectivity index is 1.34. The number of nitrogens with one attached hydrogen (secondary N) is 1. The van der Waals surface area contributed by atoms with Gasteiger partial charge in [-0.3, -0.25) is 0 Å². The molecule has 1 aliphatic heterocycles. The molecule has 2 amide bonds. The molecule has 140 valence electrons. The number of imidazole rings is 1. The first kappa shape index (κ1) is 17.6. The lowest BCUT2D eigenvalue weighted by atomic mass is 10.1. The highest BCUT2D eigenvalue weighted by molar-refractivity contribution is 5.75. The van der Waals surface area contributed by atoms with Crippen molar-refractivity contribution in [2.24, 2.45) is 0 Å². The lowest BCUT2D eigenvalue weighted by molar-refractivity contribution is 0.199. The molecule has 1 saturated heterocycles. The van der Waals surface area contributed by atoms with Crippen LogP contribution in [0.3, 0.4) is 0 Å². The van der Waals surface area contributed by atoms with Gasteiger partial charge in [0.1, 0.15) is 0 Å². The number of hydrogen-bond acceptors (Lipinski definition) is 2. The minimum Gasteiger partial charge on any atom is -0.334 e. The summed E-state index contributed by atoms with van der Waals surface area (Å²) in [7, 11) is 0. The number of aromatic nitrogens is 2. The predicted molar refractivity (Wildman–Crippen MR) is 108 cm³/mol. The maximum absolute atomic E-state index is 12.3. The van der Waals surface area contributed by atoms with Crippen LogP contribution in [0.25, 0.3) is 11.0 Å². The van der Waals surface area contributed by atoms with Gasteiger partial charge in [0.2, 0.25) is 0 Å². The van der Waals surface area contributed by atoms with Crippen LogP contribution in [0.1, 0.15) is 36.8 Å². The van der Waals surface area contributed by atoms with Crippen molar-refractivity contribution in [3.05, 3.63) is 66.0 Å². The molecule has 1 aliphatic rings. The maximum Gasteiger partial charge on any atom is 0.317 e. The van der Waals surface area contributed by atoms with E-state index in [0.717, 1.165) is 49.1 Å². The molecule has 27 heavy (non-hydrogen) atoms. The van der Waals surface area contributed by atoms with E-state index in [-0.39, 0.29) is 6.03 Å². The summed E-state index contributed by atoms with van der Waals surface area (Å²) in [6.07, 6.45) is 6.59. The van der Waals surface area contributed by atoms with E-state index in [1.807, 2.05) is 29.4 Å². The Kier molecular flexibility index (Phi) is 5.37. The second kappa shape index (κ2) is 8.25. The average molecular weight is 362 g/mol. The zero-order valence-electron chi connectivity index (χ0n) is 15.6. The maximum atomic E-state index is 12.3. The van der Waals surface area contributed by atoms with E-state index in [9.17, 15) is 4.79 Å². The number of likely N-dealkylation sites (tertiary alicyclic amines) is 1. The van der Waals surface area contributed by atoms with E-state index < -0.39 is 0 Å². The Labute approximate surface area is 160 Å². The van der Waals surface area contributed by atoms with Crippen LogP contribution in [0.5, 0.6) is 0 Å². The number of para-hydroxylation sites is 2. The van der Waals surface area contributed by atoms with Gasteiger partial charge >= 0.3 is 6.03 Å². The molecule has 1 fully saturated rings. The molecule has 0 bridgehead atoms. The van der Waals surface area contributed by atoms with Gasteiger partial charge in [-0.15, -0.1) is 0 Å². The number of amides is 2. The first-order valence-corrected chi connectivity index (χ1v) is 9.80. The number of rotatable bonds is 4. The number of fused-ring (bicyclic) bond motifs is 1. The monoisotopic (exact) mass is 362 g/mol. The highest BCUT2D eigenvalue weighted by Gasteiger charge is 2.14. The van der Waals surface area contributed by atoms with Crippen LogP contribution in [0.15, 0.2) is 54.9 Å². The normalized spacial score (nSPS) is 14.9. The third-order valence-electron chi connectivity index (χ3n) is 5.24. The number of benzene rings is 2. The van der Waals surface area contributed by atoms with Gasteiger partial charge in [-0.1, -0.05) is 49.2 Å². The number of urea groups is 1. The molecule has 4 rings (SSSR count). The molecule has 2 aromatic carbocycles. The zero-order chi connectivity index (χ0) is 18.5. The summed E-state index contributed by atoms with van der Waals surface area (Å²) < 4.78 is 2.16. The largest absolute Gasteiger partial charge is 0.334 e. The summed E-state index contributed by atoms with van der Waals surface area (Å²) in [6.45, 7) is 3.12. The second-order valence-electron chi connectivity index (χ2n) is 7.24. The Morgan fingerprint density at radius 3 is 2.41 bits per heavy atom. The van der Waals surface area contributed by atoms with Gasteiger partial charge in [0.05, 0.1) is 17.4 Å². The fourth-order valence-corrected chi connectivity index (χ4v) is 3.66. The molecule has 0 spiro atoms. The van der Waals surface area contributed by atoms with Gasteiger partial charge in [-0.2, -0.15) is 0 Å². The molecule has 3 aromatic rings. The van der Waals surface area contributed by atoms with Gasteiger partial charge in [0.25, 0.3) is 0 Å². The summed E-state index contributed by atoms with van der Waals surface area (Å²) in [5.74, 6) is 0.